The van der Waals surface area contributed by atoms with E-state index in [0.717, 1.165) is 0 Å². The van der Waals surface area contributed by atoms with Gasteiger partial charge in [0.2, 0.25) is 0 Å². The molecule has 1 aliphatic heterocycles. The van der Waals surface area contributed by atoms with Crippen molar-refractivity contribution in [2.75, 3.05) is 20.2 Å². The molecular formula is C13H15N3O5. The van der Waals surface area contributed by atoms with Crippen molar-refractivity contribution in [3.63, 3.8) is 0 Å². The van der Waals surface area contributed by atoms with Gasteiger partial charge in [-0.2, -0.15) is 0 Å². The molecule has 112 valence electrons. The zero-order valence-electron chi connectivity index (χ0n) is 11.5. The number of non-ortho nitro benzene ring substituents is 1. The van der Waals surface area contributed by atoms with Crippen molar-refractivity contribution >= 4 is 17.3 Å². The molecule has 1 fully saturated rings. The zero-order valence-corrected chi connectivity index (χ0v) is 11.5. The summed E-state index contributed by atoms with van der Waals surface area (Å²) in [6, 6.07) is 3.91. The number of hydrogen-bond acceptors (Lipinski definition) is 6. The lowest BCUT2D eigenvalue weighted by Gasteiger charge is -2.27. The number of oxime groups is 1. The van der Waals surface area contributed by atoms with Gasteiger partial charge in [0, 0.05) is 32.0 Å². The molecule has 1 amide bonds. The number of methoxy groups -OCH3 is 1. The maximum Gasteiger partial charge on any atom is 0.273 e. The first kappa shape index (κ1) is 14.8. The van der Waals surface area contributed by atoms with Gasteiger partial charge < -0.3 is 14.8 Å². The second kappa shape index (κ2) is 6.21. The summed E-state index contributed by atoms with van der Waals surface area (Å²) in [5, 5.41) is 22.6. The molecule has 1 aromatic rings. The molecule has 0 saturated carbocycles. The summed E-state index contributed by atoms with van der Waals surface area (Å²) in [4.78, 5) is 24.2. The van der Waals surface area contributed by atoms with Crippen LogP contribution in [0.5, 0.6) is 5.75 Å². The molecule has 1 heterocycles. The van der Waals surface area contributed by atoms with Gasteiger partial charge in [0.25, 0.3) is 11.6 Å². The second-order valence-electron chi connectivity index (χ2n) is 4.60. The van der Waals surface area contributed by atoms with Gasteiger partial charge in [0.1, 0.15) is 5.75 Å². The van der Waals surface area contributed by atoms with E-state index in [2.05, 4.69) is 5.16 Å². The van der Waals surface area contributed by atoms with Crippen molar-refractivity contribution in [3.8, 4) is 5.75 Å². The number of nitro benzene ring substituents is 1. The number of benzene rings is 1. The highest BCUT2D eigenvalue weighted by Gasteiger charge is 2.24. The van der Waals surface area contributed by atoms with Crippen LogP contribution in [-0.4, -0.2) is 46.8 Å². The summed E-state index contributed by atoms with van der Waals surface area (Å²) in [5.74, 6) is -0.0745. The number of piperidine rings is 1. The molecule has 1 aromatic carbocycles. The Kier molecular flexibility index (Phi) is 4.36. The van der Waals surface area contributed by atoms with Gasteiger partial charge in [-0.3, -0.25) is 14.9 Å². The number of nitro groups is 1. The molecule has 1 N–H and O–H groups in total. The normalized spacial score (nSPS) is 14.7. The molecule has 0 unspecified atom stereocenters. The summed E-state index contributed by atoms with van der Waals surface area (Å²) < 4.78 is 5.07. The minimum atomic E-state index is -0.540. The third kappa shape index (κ3) is 3.10. The average Bonchev–Trinajstić information content (AvgIpc) is 2.53. The number of carbonyl (C=O) groups is 1. The highest BCUT2D eigenvalue weighted by molar-refractivity contribution is 5.98. The van der Waals surface area contributed by atoms with Crippen LogP contribution in [-0.2, 0) is 0 Å². The quantitative estimate of drug-likeness (QED) is 0.518. The Morgan fingerprint density at radius 3 is 2.62 bits per heavy atom. The van der Waals surface area contributed by atoms with Crippen LogP contribution in [0.25, 0.3) is 0 Å². The van der Waals surface area contributed by atoms with Gasteiger partial charge in [-0.15, -0.1) is 0 Å². The van der Waals surface area contributed by atoms with E-state index in [1.165, 1.54) is 25.3 Å². The highest BCUT2D eigenvalue weighted by atomic mass is 16.6. The summed E-state index contributed by atoms with van der Waals surface area (Å²) >= 11 is 0. The van der Waals surface area contributed by atoms with Crippen molar-refractivity contribution in [2.45, 2.75) is 12.8 Å². The SMILES string of the molecule is COc1cc([N+](=O)[O-])ccc1C(=O)N1CCC(=NO)CC1. The molecule has 0 radical (unpaired) electrons. The number of hydrogen-bond donors (Lipinski definition) is 1. The van der Waals surface area contributed by atoms with Crippen LogP contribution in [0.1, 0.15) is 23.2 Å². The number of rotatable bonds is 3. The third-order valence-corrected chi connectivity index (χ3v) is 3.40. The van der Waals surface area contributed by atoms with Gasteiger partial charge in [0.05, 0.1) is 29.4 Å². The monoisotopic (exact) mass is 293 g/mol. The minimum absolute atomic E-state index is 0.128. The van der Waals surface area contributed by atoms with E-state index in [-0.39, 0.29) is 22.9 Å². The zero-order chi connectivity index (χ0) is 15.4. The van der Waals surface area contributed by atoms with Crippen LogP contribution in [0, 0.1) is 10.1 Å². The number of amides is 1. The molecule has 1 saturated heterocycles. The van der Waals surface area contributed by atoms with Crippen LogP contribution in [0.4, 0.5) is 5.69 Å². The standard InChI is InChI=1S/C13H15N3O5/c1-21-12-8-10(16(19)20)2-3-11(12)13(17)15-6-4-9(14-18)5-7-15/h2-3,8,18H,4-7H2,1H3. The fourth-order valence-corrected chi connectivity index (χ4v) is 2.21. The Morgan fingerprint density at radius 2 is 2.10 bits per heavy atom. The molecular weight excluding hydrogens is 278 g/mol. The minimum Gasteiger partial charge on any atom is -0.496 e. The molecule has 0 atom stereocenters. The van der Waals surface area contributed by atoms with Crippen molar-refractivity contribution in [2.24, 2.45) is 5.16 Å². The maximum absolute atomic E-state index is 12.4. The molecule has 21 heavy (non-hydrogen) atoms. The van der Waals surface area contributed by atoms with E-state index in [0.29, 0.717) is 31.6 Å². The first-order chi connectivity index (χ1) is 10.1. The predicted molar refractivity (Wildman–Crippen MR) is 74.0 cm³/mol. The molecule has 0 bridgehead atoms. The number of nitrogens with zero attached hydrogens (tertiary/aromatic N) is 3. The van der Waals surface area contributed by atoms with Crippen LogP contribution >= 0.6 is 0 Å². The van der Waals surface area contributed by atoms with Crippen molar-refractivity contribution in [1.82, 2.24) is 4.90 Å². The van der Waals surface area contributed by atoms with Crippen molar-refractivity contribution in [1.29, 1.82) is 0 Å². The van der Waals surface area contributed by atoms with E-state index < -0.39 is 4.92 Å². The fraction of sp³-hybridized carbons (Fsp3) is 0.385. The lowest BCUT2D eigenvalue weighted by Crippen LogP contribution is -2.38. The number of carbonyl (C=O) groups excluding carboxylic acids is 1. The van der Waals surface area contributed by atoms with Gasteiger partial charge >= 0.3 is 0 Å². The molecule has 8 heteroatoms. The lowest BCUT2D eigenvalue weighted by molar-refractivity contribution is -0.384. The van der Waals surface area contributed by atoms with Crippen LogP contribution in [0.15, 0.2) is 23.4 Å². The Balaban J connectivity index is 2.21. The molecule has 0 aliphatic carbocycles. The Hall–Kier alpha value is -2.64. The van der Waals surface area contributed by atoms with Crippen molar-refractivity contribution in [3.05, 3.63) is 33.9 Å². The first-order valence-corrected chi connectivity index (χ1v) is 6.38. The van der Waals surface area contributed by atoms with E-state index in [1.54, 1.807) is 4.90 Å². The van der Waals surface area contributed by atoms with Crippen molar-refractivity contribution < 1.29 is 19.7 Å². The topological polar surface area (TPSA) is 105 Å². The Bertz CT molecular complexity index is 589. The van der Waals surface area contributed by atoms with Gasteiger partial charge in [-0.1, -0.05) is 5.16 Å². The first-order valence-electron chi connectivity index (χ1n) is 6.38. The smallest absolute Gasteiger partial charge is 0.273 e. The molecule has 1 aliphatic rings. The summed E-state index contributed by atoms with van der Waals surface area (Å²) in [6.07, 6.45) is 1.02. The molecule has 0 spiro atoms. The molecule has 0 aromatic heterocycles. The summed E-state index contributed by atoms with van der Waals surface area (Å²) in [7, 11) is 1.36. The van der Waals surface area contributed by atoms with E-state index >= 15 is 0 Å². The van der Waals surface area contributed by atoms with Crippen LogP contribution in [0.2, 0.25) is 0 Å². The van der Waals surface area contributed by atoms with E-state index in [9.17, 15) is 14.9 Å². The van der Waals surface area contributed by atoms with Crippen LogP contribution < -0.4 is 4.74 Å². The van der Waals surface area contributed by atoms with Gasteiger partial charge in [-0.05, 0) is 6.07 Å². The largest absolute Gasteiger partial charge is 0.496 e. The highest BCUT2D eigenvalue weighted by Crippen LogP contribution is 2.26. The van der Waals surface area contributed by atoms with E-state index in [1.807, 2.05) is 0 Å². The van der Waals surface area contributed by atoms with Gasteiger partial charge in [-0.25, -0.2) is 0 Å². The van der Waals surface area contributed by atoms with Crippen LogP contribution in [0.3, 0.4) is 0 Å². The number of ether oxygens (including phenoxy) is 1. The Labute approximate surface area is 120 Å². The average molecular weight is 293 g/mol. The van der Waals surface area contributed by atoms with Gasteiger partial charge in [0.15, 0.2) is 0 Å². The maximum atomic E-state index is 12.4. The second-order valence-corrected chi connectivity index (χ2v) is 4.60. The summed E-state index contributed by atoms with van der Waals surface area (Å²) in [5.41, 5.74) is 0.818. The number of likely N-dealkylation sites (tertiary alicyclic amines) is 1. The van der Waals surface area contributed by atoms with E-state index in [4.69, 9.17) is 9.94 Å². The molecule has 2 rings (SSSR count). The predicted octanol–water partition coefficient (Wildman–Crippen LogP) is 1.67. The third-order valence-electron chi connectivity index (χ3n) is 3.40. The Morgan fingerprint density at radius 1 is 1.43 bits per heavy atom. The lowest BCUT2D eigenvalue weighted by atomic mass is 10.1. The summed E-state index contributed by atoms with van der Waals surface area (Å²) in [6.45, 7) is 0.886. The fourth-order valence-electron chi connectivity index (χ4n) is 2.21. The molecule has 8 nitrogen and oxygen atoms in total.